The fourth-order valence-corrected chi connectivity index (χ4v) is 3.05. The summed E-state index contributed by atoms with van der Waals surface area (Å²) in [6, 6.07) is 23.7. The molecule has 4 nitrogen and oxygen atoms in total. The molecular formula is C24H13FN4. The Morgan fingerprint density at radius 1 is 0.724 bits per heavy atom. The first-order chi connectivity index (χ1) is 14.2. The molecule has 29 heavy (non-hydrogen) atoms. The van der Waals surface area contributed by atoms with Gasteiger partial charge in [0.15, 0.2) is 5.82 Å². The van der Waals surface area contributed by atoms with Gasteiger partial charge in [-0.15, -0.1) is 0 Å². The van der Waals surface area contributed by atoms with Crippen molar-refractivity contribution in [2.45, 2.75) is 0 Å². The quantitative estimate of drug-likeness (QED) is 0.610. The van der Waals surface area contributed by atoms with E-state index in [1.54, 1.807) is 6.07 Å². The van der Waals surface area contributed by atoms with Crippen molar-refractivity contribution in [1.29, 1.82) is 0 Å². The van der Waals surface area contributed by atoms with Gasteiger partial charge in [0.25, 0.3) is 0 Å². The molecular weight excluding hydrogens is 363 g/mol. The van der Waals surface area contributed by atoms with Crippen LogP contribution in [0.1, 0.15) is 11.1 Å². The van der Waals surface area contributed by atoms with E-state index in [0.717, 1.165) is 11.1 Å². The van der Waals surface area contributed by atoms with Gasteiger partial charge in [0.1, 0.15) is 24.2 Å². The van der Waals surface area contributed by atoms with Crippen molar-refractivity contribution in [2.24, 2.45) is 9.98 Å². The normalized spacial score (nSPS) is 12.6. The van der Waals surface area contributed by atoms with E-state index in [2.05, 4.69) is 19.7 Å². The molecule has 4 rings (SSSR count). The van der Waals surface area contributed by atoms with Crippen molar-refractivity contribution in [2.75, 3.05) is 0 Å². The van der Waals surface area contributed by atoms with E-state index < -0.39 is 5.82 Å². The van der Waals surface area contributed by atoms with Gasteiger partial charge in [-0.2, -0.15) is 9.69 Å². The molecule has 0 amide bonds. The molecule has 0 radical (unpaired) electrons. The molecule has 0 spiro atoms. The second-order valence-corrected chi connectivity index (χ2v) is 6.22. The van der Waals surface area contributed by atoms with Gasteiger partial charge in [-0.05, 0) is 6.07 Å². The van der Waals surface area contributed by atoms with E-state index in [-0.39, 0.29) is 11.0 Å². The molecule has 0 saturated carbocycles. The third-order valence-corrected chi connectivity index (χ3v) is 4.43. The highest BCUT2D eigenvalue weighted by Gasteiger charge is 2.21. The third-order valence-electron chi connectivity index (χ3n) is 4.43. The summed E-state index contributed by atoms with van der Waals surface area (Å²) >= 11 is 0. The minimum absolute atomic E-state index is 0.0168. The molecule has 0 saturated heterocycles. The first-order valence-corrected chi connectivity index (χ1v) is 8.79. The Morgan fingerprint density at radius 2 is 1.24 bits per heavy atom. The maximum absolute atomic E-state index is 14.6. The van der Waals surface area contributed by atoms with Crippen LogP contribution in [-0.2, 0) is 0 Å². The average molecular weight is 376 g/mol. The van der Waals surface area contributed by atoms with Crippen LogP contribution in [0.3, 0.4) is 0 Å². The zero-order valence-electron chi connectivity index (χ0n) is 15.2. The fourth-order valence-electron chi connectivity index (χ4n) is 3.05. The van der Waals surface area contributed by atoms with Gasteiger partial charge in [-0.25, -0.2) is 14.4 Å². The Balaban J connectivity index is 1.96. The van der Waals surface area contributed by atoms with Gasteiger partial charge in [0.2, 0.25) is 0 Å². The summed E-state index contributed by atoms with van der Waals surface area (Å²) in [7, 11) is 0. The molecule has 1 heterocycles. The number of hydrogen-bond donors (Lipinski definition) is 0. The van der Waals surface area contributed by atoms with Crippen LogP contribution in [0.25, 0.3) is 21.3 Å². The minimum atomic E-state index is -0.642. The minimum Gasteiger partial charge on any atom is -0.226 e. The van der Waals surface area contributed by atoms with Crippen LogP contribution in [0, 0.1) is 19.0 Å². The largest absolute Gasteiger partial charge is 0.529 e. The van der Waals surface area contributed by atoms with Crippen LogP contribution in [0.2, 0.25) is 0 Å². The van der Waals surface area contributed by atoms with E-state index in [1.165, 1.54) is 12.1 Å². The molecule has 1 aliphatic heterocycles. The summed E-state index contributed by atoms with van der Waals surface area (Å²) in [4.78, 5) is 15.5. The van der Waals surface area contributed by atoms with Gasteiger partial charge in [0, 0.05) is 16.3 Å². The molecule has 0 aromatic heterocycles. The number of rotatable bonds is 2. The molecule has 0 fully saturated rings. The lowest BCUT2D eigenvalue weighted by Gasteiger charge is -2.04. The molecule has 0 N–H and O–H groups in total. The van der Waals surface area contributed by atoms with Crippen molar-refractivity contribution in [1.82, 2.24) is 0 Å². The summed E-state index contributed by atoms with van der Waals surface area (Å²) in [5.41, 5.74) is 3.26. The van der Waals surface area contributed by atoms with Crippen molar-refractivity contribution in [3.05, 3.63) is 129 Å². The number of benzene rings is 3. The lowest BCUT2D eigenvalue weighted by molar-refractivity contribution is 0.617. The van der Waals surface area contributed by atoms with E-state index in [4.69, 9.17) is 13.1 Å². The Bertz CT molecular complexity index is 1280. The van der Waals surface area contributed by atoms with Crippen molar-refractivity contribution in [3.8, 4) is 0 Å². The summed E-state index contributed by atoms with van der Waals surface area (Å²) in [6.45, 7) is 14.0. The molecule has 1 aliphatic rings. The van der Waals surface area contributed by atoms with Crippen LogP contribution in [-0.4, -0.2) is 11.4 Å². The monoisotopic (exact) mass is 376 g/mol. The molecule has 3 aromatic carbocycles. The van der Waals surface area contributed by atoms with Crippen LogP contribution >= 0.6 is 0 Å². The summed E-state index contributed by atoms with van der Waals surface area (Å²) in [5.74, 6) is -0.551. The van der Waals surface area contributed by atoms with Crippen molar-refractivity contribution in [3.63, 3.8) is 0 Å². The van der Waals surface area contributed by atoms with Crippen LogP contribution in [0.4, 0.5) is 4.39 Å². The second kappa shape index (κ2) is 7.72. The average Bonchev–Trinajstić information content (AvgIpc) is 3.22. The van der Waals surface area contributed by atoms with Gasteiger partial charge in [0.05, 0.1) is 11.4 Å². The Morgan fingerprint density at radius 3 is 1.69 bits per heavy atom. The first kappa shape index (κ1) is 18.0. The van der Waals surface area contributed by atoms with Gasteiger partial charge in [-0.3, -0.25) is 0 Å². The highest BCUT2D eigenvalue weighted by atomic mass is 19.1. The SMILES string of the molecule is [C-]#[N+]C([N+]#[C-])=c1ccc(=C2N=C(c3ccccc3)C(c3ccccc3)=N2)cc1F. The predicted molar refractivity (Wildman–Crippen MR) is 112 cm³/mol. The smallest absolute Gasteiger partial charge is 0.226 e. The van der Waals surface area contributed by atoms with E-state index in [9.17, 15) is 4.39 Å². The van der Waals surface area contributed by atoms with E-state index in [0.29, 0.717) is 22.5 Å². The predicted octanol–water partition coefficient (Wildman–Crippen LogP) is 3.79. The van der Waals surface area contributed by atoms with Crippen molar-refractivity contribution < 1.29 is 4.39 Å². The van der Waals surface area contributed by atoms with E-state index in [1.807, 2.05) is 60.7 Å². The molecule has 0 aliphatic carbocycles. The summed E-state index contributed by atoms with van der Waals surface area (Å²) in [6.07, 6.45) is 0. The maximum atomic E-state index is 14.6. The summed E-state index contributed by atoms with van der Waals surface area (Å²) < 4.78 is 14.6. The zero-order chi connectivity index (χ0) is 20.2. The lowest BCUT2D eigenvalue weighted by Crippen LogP contribution is -2.15. The molecule has 136 valence electrons. The Hall–Kier alpha value is -4.35. The van der Waals surface area contributed by atoms with Gasteiger partial charge in [-0.1, -0.05) is 72.8 Å². The molecule has 5 heteroatoms. The van der Waals surface area contributed by atoms with E-state index >= 15 is 0 Å². The number of aliphatic imine (C=N–C) groups is 2. The molecule has 3 aromatic rings. The highest BCUT2D eigenvalue weighted by molar-refractivity contribution is 6.55. The second-order valence-electron chi connectivity index (χ2n) is 6.22. The van der Waals surface area contributed by atoms with Gasteiger partial charge < -0.3 is 0 Å². The lowest BCUT2D eigenvalue weighted by atomic mass is 10.0. The van der Waals surface area contributed by atoms with Crippen molar-refractivity contribution >= 4 is 23.1 Å². The number of hydrogen-bond acceptors (Lipinski definition) is 2. The first-order valence-electron chi connectivity index (χ1n) is 8.79. The third kappa shape index (κ3) is 3.45. The standard InChI is InChI=1S/C24H13FN4/c1-26-24(27-2)19-14-13-18(15-20(19)25)23-28-21(16-9-5-3-6-10-16)22(29-23)17-11-7-4-8-12-17/h3-15H. The molecule has 0 atom stereocenters. The topological polar surface area (TPSA) is 33.4 Å². The van der Waals surface area contributed by atoms with Gasteiger partial charge >= 0.3 is 5.82 Å². The number of nitrogens with zero attached hydrogens (tertiary/aromatic N) is 4. The molecule has 0 bridgehead atoms. The van der Waals surface area contributed by atoms with Crippen LogP contribution in [0.5, 0.6) is 0 Å². The molecule has 0 unspecified atom stereocenters. The maximum Gasteiger partial charge on any atom is 0.529 e. The van der Waals surface area contributed by atoms with Crippen LogP contribution in [0.15, 0.2) is 88.8 Å². The van der Waals surface area contributed by atoms with Crippen LogP contribution < -0.4 is 10.4 Å². The number of halogens is 1. The Labute approximate surface area is 167 Å². The summed E-state index contributed by atoms with van der Waals surface area (Å²) in [5, 5.41) is 0.469. The Kier molecular flexibility index (Phi) is 4.80. The zero-order valence-corrected chi connectivity index (χ0v) is 15.2. The highest BCUT2D eigenvalue weighted by Crippen LogP contribution is 2.20. The fraction of sp³-hybridized carbons (Fsp3) is 0.